The molecule has 2 unspecified atom stereocenters. The van der Waals surface area contributed by atoms with Crippen LogP contribution in [0.2, 0.25) is 0 Å². The molecule has 40 heavy (non-hydrogen) atoms. The Kier molecular flexibility index (Phi) is 12.9. The molecule has 1 aromatic carbocycles. The Bertz CT molecular complexity index is 1040. The molecule has 13 nitrogen and oxygen atoms in total. The van der Waals surface area contributed by atoms with Crippen molar-refractivity contribution in [3.8, 4) is 5.75 Å². The number of aliphatic carboxylic acids is 1. The van der Waals surface area contributed by atoms with Crippen LogP contribution in [0.1, 0.15) is 53.5 Å². The molecule has 1 rings (SSSR count). The molecule has 0 aliphatic heterocycles. The van der Waals surface area contributed by atoms with Crippen molar-refractivity contribution >= 4 is 30.2 Å². The van der Waals surface area contributed by atoms with Crippen LogP contribution < -0.4 is 20.7 Å². The molecule has 1 aromatic rings. The summed E-state index contributed by atoms with van der Waals surface area (Å²) in [6.07, 6.45) is -1.15. The first-order valence-corrected chi connectivity index (χ1v) is 12.5. The van der Waals surface area contributed by atoms with Crippen LogP contribution in [-0.4, -0.2) is 71.8 Å². The molecule has 13 heteroatoms. The van der Waals surface area contributed by atoms with Gasteiger partial charge in [-0.1, -0.05) is 24.8 Å². The highest BCUT2D eigenvalue weighted by molar-refractivity contribution is 5.82. The summed E-state index contributed by atoms with van der Waals surface area (Å²) in [5.41, 5.74) is -0.931. The van der Waals surface area contributed by atoms with E-state index < -0.39 is 53.5 Å². The van der Waals surface area contributed by atoms with Crippen molar-refractivity contribution < 1.29 is 48.0 Å². The number of carbonyl (C=O) groups is 5. The standard InChI is InChI=1S/C27H39N3O10/c1-8-15-37-22(33)20(30-25(36)40-27(5,6)7)16-17-9-11-18(12-10-17)38-23(34)28-14-13-19(21(31)32)29-24(35)39-26(2,3)4/h8-12,19-20H,1,13-16H2,2-7H3,(H,28,34)(H,29,35)(H,30,36)(H,31,32). The SMILES string of the molecule is C=CCOC(=O)C(Cc1ccc(OC(=O)NCCC(NC(=O)OC(C)(C)C)C(=O)O)cc1)NC(=O)OC(C)(C)C. The Morgan fingerprint density at radius 1 is 0.875 bits per heavy atom. The van der Waals surface area contributed by atoms with Gasteiger partial charge in [0.2, 0.25) is 0 Å². The maximum atomic E-state index is 12.4. The number of nitrogens with one attached hydrogen (secondary N) is 3. The van der Waals surface area contributed by atoms with E-state index in [9.17, 15) is 29.1 Å². The lowest BCUT2D eigenvalue weighted by Crippen LogP contribution is -2.45. The van der Waals surface area contributed by atoms with Crippen molar-refractivity contribution in [2.24, 2.45) is 0 Å². The van der Waals surface area contributed by atoms with Crippen LogP contribution in [0.4, 0.5) is 14.4 Å². The van der Waals surface area contributed by atoms with E-state index in [-0.39, 0.29) is 31.7 Å². The van der Waals surface area contributed by atoms with E-state index in [1.54, 1.807) is 53.7 Å². The fourth-order valence-electron chi connectivity index (χ4n) is 2.98. The molecule has 4 N–H and O–H groups in total. The summed E-state index contributed by atoms with van der Waals surface area (Å²) >= 11 is 0. The largest absolute Gasteiger partial charge is 0.480 e. The Labute approximate surface area is 233 Å². The zero-order valence-corrected chi connectivity index (χ0v) is 23.7. The first-order valence-electron chi connectivity index (χ1n) is 12.5. The number of carboxylic acid groups (broad SMARTS) is 1. The molecule has 0 fully saturated rings. The fourth-order valence-corrected chi connectivity index (χ4v) is 2.98. The minimum absolute atomic E-state index is 0.0303. The van der Waals surface area contributed by atoms with Crippen molar-refractivity contribution in [1.29, 1.82) is 0 Å². The minimum Gasteiger partial charge on any atom is -0.480 e. The average molecular weight is 566 g/mol. The molecule has 0 heterocycles. The predicted octanol–water partition coefficient (Wildman–Crippen LogP) is 3.31. The zero-order chi connectivity index (χ0) is 30.5. The van der Waals surface area contributed by atoms with Gasteiger partial charge in [0.15, 0.2) is 0 Å². The van der Waals surface area contributed by atoms with Gasteiger partial charge >= 0.3 is 30.2 Å². The second kappa shape index (κ2) is 15.3. The molecule has 2 atom stereocenters. The number of hydrogen-bond acceptors (Lipinski definition) is 9. The van der Waals surface area contributed by atoms with E-state index in [2.05, 4.69) is 22.5 Å². The molecular formula is C27H39N3O10. The quantitative estimate of drug-likeness (QED) is 0.167. The Morgan fingerprint density at radius 2 is 1.40 bits per heavy atom. The van der Waals surface area contributed by atoms with Crippen LogP contribution in [-0.2, 0) is 30.2 Å². The van der Waals surface area contributed by atoms with Gasteiger partial charge in [0, 0.05) is 13.0 Å². The first kappa shape index (κ1) is 33.7. The lowest BCUT2D eigenvalue weighted by atomic mass is 10.1. The van der Waals surface area contributed by atoms with Gasteiger partial charge < -0.3 is 40.0 Å². The number of hydrogen-bond donors (Lipinski definition) is 4. The van der Waals surface area contributed by atoms with Crippen LogP contribution in [0.15, 0.2) is 36.9 Å². The summed E-state index contributed by atoms with van der Waals surface area (Å²) in [5.74, 6) is -1.79. The third-order valence-electron chi connectivity index (χ3n) is 4.58. The molecule has 0 aliphatic carbocycles. The number of esters is 1. The average Bonchev–Trinajstić information content (AvgIpc) is 2.80. The number of ether oxygens (including phenoxy) is 4. The molecule has 0 saturated carbocycles. The number of benzene rings is 1. The Balaban J connectivity index is 2.68. The van der Waals surface area contributed by atoms with E-state index in [0.717, 1.165) is 0 Å². The third-order valence-corrected chi connectivity index (χ3v) is 4.58. The molecule has 222 valence electrons. The van der Waals surface area contributed by atoms with E-state index in [1.807, 2.05) is 0 Å². The van der Waals surface area contributed by atoms with Crippen molar-refractivity contribution in [2.75, 3.05) is 13.2 Å². The highest BCUT2D eigenvalue weighted by Gasteiger charge is 2.26. The molecule has 3 amide bonds. The molecule has 0 saturated heterocycles. The summed E-state index contributed by atoms with van der Waals surface area (Å²) in [6, 6.07) is 3.84. The topological polar surface area (TPSA) is 179 Å². The van der Waals surface area contributed by atoms with Gasteiger partial charge in [0.05, 0.1) is 0 Å². The van der Waals surface area contributed by atoms with Gasteiger partial charge in [-0.05, 0) is 65.7 Å². The lowest BCUT2D eigenvalue weighted by molar-refractivity contribution is -0.145. The van der Waals surface area contributed by atoms with E-state index >= 15 is 0 Å². The second-order valence-corrected chi connectivity index (χ2v) is 10.6. The van der Waals surface area contributed by atoms with Crippen LogP contribution in [0, 0.1) is 0 Å². The number of carboxylic acids is 1. The Hall–Kier alpha value is -4.29. The van der Waals surface area contributed by atoms with Crippen LogP contribution in [0.25, 0.3) is 0 Å². The summed E-state index contributed by atoms with van der Waals surface area (Å²) in [4.78, 5) is 60.0. The van der Waals surface area contributed by atoms with Crippen molar-refractivity contribution in [3.05, 3.63) is 42.5 Å². The van der Waals surface area contributed by atoms with Gasteiger partial charge in [-0.15, -0.1) is 0 Å². The number of rotatable bonds is 12. The summed E-state index contributed by atoms with van der Waals surface area (Å²) in [7, 11) is 0. The maximum absolute atomic E-state index is 12.4. The molecule has 0 spiro atoms. The molecule has 0 bridgehead atoms. The smallest absolute Gasteiger partial charge is 0.412 e. The molecule has 0 radical (unpaired) electrons. The monoisotopic (exact) mass is 565 g/mol. The van der Waals surface area contributed by atoms with Crippen molar-refractivity contribution in [2.45, 2.75) is 77.7 Å². The minimum atomic E-state index is -1.29. The highest BCUT2D eigenvalue weighted by Crippen LogP contribution is 2.15. The molecule has 0 aliphatic rings. The highest BCUT2D eigenvalue weighted by atomic mass is 16.6. The normalized spacial score (nSPS) is 12.7. The maximum Gasteiger partial charge on any atom is 0.412 e. The number of amides is 3. The third kappa shape index (κ3) is 14.6. The van der Waals surface area contributed by atoms with Gasteiger partial charge in [0.25, 0.3) is 0 Å². The van der Waals surface area contributed by atoms with Gasteiger partial charge in [0.1, 0.15) is 35.6 Å². The molecular weight excluding hydrogens is 526 g/mol. The summed E-state index contributed by atoms with van der Waals surface area (Å²) in [5, 5.41) is 16.5. The van der Waals surface area contributed by atoms with Crippen LogP contribution in [0.3, 0.4) is 0 Å². The Morgan fingerprint density at radius 3 is 1.88 bits per heavy atom. The number of alkyl carbamates (subject to hydrolysis) is 2. The summed E-state index contributed by atoms with van der Waals surface area (Å²) < 4.78 is 20.5. The summed E-state index contributed by atoms with van der Waals surface area (Å²) in [6.45, 7) is 13.4. The predicted molar refractivity (Wildman–Crippen MR) is 144 cm³/mol. The number of carbonyl (C=O) groups excluding carboxylic acids is 4. The van der Waals surface area contributed by atoms with Gasteiger partial charge in [-0.2, -0.15) is 0 Å². The van der Waals surface area contributed by atoms with Crippen LogP contribution >= 0.6 is 0 Å². The second-order valence-electron chi connectivity index (χ2n) is 10.6. The van der Waals surface area contributed by atoms with Gasteiger partial charge in [-0.25, -0.2) is 24.0 Å². The van der Waals surface area contributed by atoms with Gasteiger partial charge in [-0.3, -0.25) is 0 Å². The van der Waals surface area contributed by atoms with Crippen molar-refractivity contribution in [3.63, 3.8) is 0 Å². The zero-order valence-electron chi connectivity index (χ0n) is 23.7. The van der Waals surface area contributed by atoms with Crippen LogP contribution in [0.5, 0.6) is 5.75 Å². The van der Waals surface area contributed by atoms with Crippen molar-refractivity contribution in [1.82, 2.24) is 16.0 Å². The first-order chi connectivity index (χ1) is 18.5. The van der Waals surface area contributed by atoms with E-state index in [4.69, 9.17) is 18.9 Å². The van der Waals surface area contributed by atoms with E-state index in [0.29, 0.717) is 5.56 Å². The molecule has 0 aromatic heterocycles. The van der Waals surface area contributed by atoms with E-state index in [1.165, 1.54) is 18.2 Å². The fraction of sp³-hybridized carbons (Fsp3) is 0.519. The lowest BCUT2D eigenvalue weighted by Gasteiger charge is -2.23.